The molecule has 2 rings (SSSR count). The van der Waals surface area contributed by atoms with Crippen LogP contribution in [0.4, 0.5) is 5.69 Å². The van der Waals surface area contributed by atoms with Crippen molar-refractivity contribution in [3.8, 4) is 0 Å². The minimum absolute atomic E-state index is 0.114. The van der Waals surface area contributed by atoms with Crippen molar-refractivity contribution in [2.24, 2.45) is 11.7 Å². The Balaban J connectivity index is 0.00000127. The van der Waals surface area contributed by atoms with Gasteiger partial charge in [-0.2, -0.15) is 0 Å². The fourth-order valence-electron chi connectivity index (χ4n) is 2.58. The Bertz CT molecular complexity index is 705. The number of hydrogen-bond acceptors (Lipinski definition) is 5. The van der Waals surface area contributed by atoms with Gasteiger partial charge in [0.2, 0.25) is 0 Å². The van der Waals surface area contributed by atoms with E-state index >= 15 is 0 Å². The molecule has 0 spiro atoms. The van der Waals surface area contributed by atoms with Crippen LogP contribution in [0.5, 0.6) is 0 Å². The number of aryl methyl sites for hydroxylation is 3. The lowest BCUT2D eigenvalue weighted by Crippen LogP contribution is -2.05. The van der Waals surface area contributed by atoms with Gasteiger partial charge in [0.05, 0.1) is 4.92 Å². The van der Waals surface area contributed by atoms with E-state index in [4.69, 9.17) is 0 Å². The van der Waals surface area contributed by atoms with Gasteiger partial charge < -0.3 is 0 Å². The van der Waals surface area contributed by atoms with E-state index in [0.717, 1.165) is 17.5 Å². The van der Waals surface area contributed by atoms with Crippen LogP contribution in [0.2, 0.25) is 0 Å². The van der Waals surface area contributed by atoms with Crippen molar-refractivity contribution < 1.29 is 4.92 Å². The Labute approximate surface area is 144 Å². The first-order chi connectivity index (χ1) is 10.9. The van der Waals surface area contributed by atoms with E-state index in [0.29, 0.717) is 22.3 Å². The summed E-state index contributed by atoms with van der Waals surface area (Å²) in [5, 5.41) is 11.3. The van der Waals surface area contributed by atoms with Crippen LogP contribution in [0, 0.1) is 24.0 Å². The van der Waals surface area contributed by atoms with E-state index < -0.39 is 0 Å². The molecule has 0 fully saturated rings. The van der Waals surface area contributed by atoms with Crippen molar-refractivity contribution in [2.45, 2.75) is 33.6 Å². The second kappa shape index (κ2) is 8.71. The monoisotopic (exact) mass is 380 g/mol. The summed E-state index contributed by atoms with van der Waals surface area (Å²) in [5.41, 5.74) is 4.74. The van der Waals surface area contributed by atoms with Gasteiger partial charge in [-0.1, -0.05) is 25.1 Å². The molecule has 0 unspecified atom stereocenters. The van der Waals surface area contributed by atoms with Crippen molar-refractivity contribution in [2.75, 3.05) is 0 Å². The maximum atomic E-state index is 11.3. The highest BCUT2D eigenvalue weighted by molar-refractivity contribution is 9.10. The molecule has 0 saturated heterocycles. The summed E-state index contributed by atoms with van der Waals surface area (Å²) in [4.78, 5) is 15.3. The van der Waals surface area contributed by atoms with E-state index in [-0.39, 0.29) is 10.6 Å². The third kappa shape index (κ3) is 4.57. The van der Waals surface area contributed by atoms with E-state index in [9.17, 15) is 10.1 Å². The van der Waals surface area contributed by atoms with Gasteiger partial charge in [0.25, 0.3) is 5.69 Å². The van der Waals surface area contributed by atoms with E-state index in [1.165, 1.54) is 5.56 Å². The molecular formula is C16H21BrN4O2. The molecule has 4 N–H and O–H groups in total. The highest BCUT2D eigenvalue weighted by Crippen LogP contribution is 2.28. The maximum absolute atomic E-state index is 11.3. The number of rotatable bonds is 4. The largest absolute Gasteiger partial charge is 0.294 e. The lowest BCUT2D eigenvalue weighted by molar-refractivity contribution is -0.386. The summed E-state index contributed by atoms with van der Waals surface area (Å²) in [6, 6.07) is 7.80. The molecule has 0 aliphatic rings. The van der Waals surface area contributed by atoms with Crippen LogP contribution in [0.3, 0.4) is 0 Å². The summed E-state index contributed by atoms with van der Waals surface area (Å²) in [6.45, 7) is 5.87. The van der Waals surface area contributed by atoms with Crippen LogP contribution in [0.1, 0.15) is 34.9 Å². The Morgan fingerprint density at radius 3 is 2.48 bits per heavy atom. The second-order valence-corrected chi connectivity index (χ2v) is 5.87. The molecule has 1 heterocycles. The number of hydrogen-bond donors (Lipinski definition) is 2. The summed E-state index contributed by atoms with van der Waals surface area (Å²) in [7, 11) is 0. The van der Waals surface area contributed by atoms with Crippen LogP contribution in [-0.2, 0) is 12.8 Å². The Kier molecular flexibility index (Phi) is 7.28. The molecule has 0 bridgehead atoms. The minimum Gasteiger partial charge on any atom is -0.274 e. The summed E-state index contributed by atoms with van der Waals surface area (Å²) in [5.74, 6) is 8.00. The molecule has 1 aromatic carbocycles. The number of nitrogens with zero attached hydrogens (tertiary/aromatic N) is 2. The van der Waals surface area contributed by atoms with Crippen molar-refractivity contribution in [3.05, 3.63) is 66.9 Å². The molecule has 0 saturated carbocycles. The third-order valence-corrected chi connectivity index (χ3v) is 4.05. The fourth-order valence-corrected chi connectivity index (χ4v) is 3.13. The number of pyridine rings is 1. The standard InChI is InChI=1S/C16H17BrN2O2.H4N2/c1-4-12-7-5-6-10(2)13(12)9-14-16(19(20)21)11(3)8-15(17)18-14;1-2/h5-8H,4,9H2,1-3H3;1-2H2. The molecule has 6 nitrogen and oxygen atoms in total. The number of hydrazine groups is 1. The highest BCUT2D eigenvalue weighted by atomic mass is 79.9. The van der Waals surface area contributed by atoms with Gasteiger partial charge in [0.15, 0.2) is 0 Å². The smallest absolute Gasteiger partial charge is 0.274 e. The number of nitrogens with two attached hydrogens (primary N) is 2. The van der Waals surface area contributed by atoms with Crippen molar-refractivity contribution >= 4 is 21.6 Å². The summed E-state index contributed by atoms with van der Waals surface area (Å²) in [6.07, 6.45) is 1.38. The minimum atomic E-state index is -0.339. The zero-order chi connectivity index (χ0) is 17.6. The van der Waals surface area contributed by atoms with E-state index in [1.807, 2.05) is 19.1 Å². The van der Waals surface area contributed by atoms with Crippen LogP contribution in [0.25, 0.3) is 0 Å². The summed E-state index contributed by atoms with van der Waals surface area (Å²) < 4.78 is 0.632. The zero-order valence-electron chi connectivity index (χ0n) is 13.5. The normalized spacial score (nSPS) is 10.0. The number of benzene rings is 1. The van der Waals surface area contributed by atoms with Gasteiger partial charge >= 0.3 is 0 Å². The van der Waals surface area contributed by atoms with Gasteiger partial charge in [0, 0.05) is 12.0 Å². The first-order valence-corrected chi connectivity index (χ1v) is 7.94. The van der Waals surface area contributed by atoms with Crippen molar-refractivity contribution in [1.82, 2.24) is 4.98 Å². The van der Waals surface area contributed by atoms with Gasteiger partial charge in [0.1, 0.15) is 10.3 Å². The molecule has 23 heavy (non-hydrogen) atoms. The van der Waals surface area contributed by atoms with Gasteiger partial charge in [-0.05, 0) is 59.0 Å². The average Bonchev–Trinajstić information content (AvgIpc) is 2.50. The van der Waals surface area contributed by atoms with Crippen LogP contribution < -0.4 is 11.7 Å². The molecule has 0 aliphatic carbocycles. The highest BCUT2D eigenvalue weighted by Gasteiger charge is 2.21. The van der Waals surface area contributed by atoms with Crippen molar-refractivity contribution in [1.29, 1.82) is 0 Å². The number of aromatic nitrogens is 1. The molecule has 0 aliphatic heterocycles. The van der Waals surface area contributed by atoms with Crippen LogP contribution >= 0.6 is 15.9 Å². The molecule has 0 atom stereocenters. The molecule has 1 aromatic heterocycles. The van der Waals surface area contributed by atoms with Gasteiger partial charge in [-0.3, -0.25) is 21.8 Å². The third-order valence-electron chi connectivity index (χ3n) is 3.64. The average molecular weight is 381 g/mol. The molecule has 2 aromatic rings. The van der Waals surface area contributed by atoms with Crippen LogP contribution in [-0.4, -0.2) is 9.91 Å². The number of halogens is 1. The Morgan fingerprint density at radius 2 is 1.91 bits per heavy atom. The van der Waals surface area contributed by atoms with E-state index in [1.54, 1.807) is 13.0 Å². The van der Waals surface area contributed by atoms with E-state index in [2.05, 4.69) is 45.6 Å². The lowest BCUT2D eigenvalue weighted by Gasteiger charge is -2.12. The molecule has 124 valence electrons. The molecule has 0 amide bonds. The maximum Gasteiger partial charge on any atom is 0.294 e. The summed E-state index contributed by atoms with van der Waals surface area (Å²) >= 11 is 3.33. The van der Waals surface area contributed by atoms with Crippen LogP contribution in [0.15, 0.2) is 28.9 Å². The second-order valence-electron chi connectivity index (χ2n) is 5.06. The Hall–Kier alpha value is -1.83. The Morgan fingerprint density at radius 1 is 1.26 bits per heavy atom. The topological polar surface area (TPSA) is 108 Å². The zero-order valence-corrected chi connectivity index (χ0v) is 15.1. The number of nitro groups is 1. The molecule has 7 heteroatoms. The first kappa shape index (κ1) is 19.2. The molecule has 0 radical (unpaired) electrons. The van der Waals surface area contributed by atoms with Crippen molar-refractivity contribution in [3.63, 3.8) is 0 Å². The van der Waals surface area contributed by atoms with Gasteiger partial charge in [-0.15, -0.1) is 0 Å². The van der Waals surface area contributed by atoms with Gasteiger partial charge in [-0.25, -0.2) is 4.98 Å². The fraction of sp³-hybridized carbons (Fsp3) is 0.312. The molecular weight excluding hydrogens is 360 g/mol. The first-order valence-electron chi connectivity index (χ1n) is 7.15. The SMILES string of the molecule is CCc1cccc(C)c1Cc1nc(Br)cc(C)c1[N+](=O)[O-].NN. The predicted octanol–water partition coefficient (Wildman–Crippen LogP) is 3.34. The lowest BCUT2D eigenvalue weighted by atomic mass is 9.95. The predicted molar refractivity (Wildman–Crippen MR) is 95.1 cm³/mol. The quantitative estimate of drug-likeness (QED) is 0.366.